The zero-order valence-electron chi connectivity index (χ0n) is 14.7. The van der Waals surface area contributed by atoms with Gasteiger partial charge in [-0.25, -0.2) is 0 Å². The van der Waals surface area contributed by atoms with E-state index < -0.39 is 16.8 Å². The van der Waals surface area contributed by atoms with E-state index in [0.29, 0.717) is 16.0 Å². The summed E-state index contributed by atoms with van der Waals surface area (Å²) in [6.45, 7) is -0.462. The minimum Gasteiger partial charge on any atom is -0.484 e. The third-order valence-corrected chi connectivity index (χ3v) is 4.76. The van der Waals surface area contributed by atoms with Crippen LogP contribution in [0.15, 0.2) is 53.5 Å². The average Bonchev–Trinajstić information content (AvgIpc) is 3.03. The Balaban J connectivity index is 1.95. The van der Waals surface area contributed by atoms with Crippen LogP contribution in [0.5, 0.6) is 5.75 Å². The molecule has 3 aromatic rings. The molecule has 9 nitrogen and oxygen atoms in total. The van der Waals surface area contributed by atoms with Crippen LogP contribution >= 0.6 is 11.3 Å². The van der Waals surface area contributed by atoms with Gasteiger partial charge in [0.1, 0.15) is 12.3 Å². The number of aromatic nitrogens is 1. The zero-order valence-corrected chi connectivity index (χ0v) is 15.5. The van der Waals surface area contributed by atoms with Gasteiger partial charge in [0.15, 0.2) is 11.4 Å². The summed E-state index contributed by atoms with van der Waals surface area (Å²) in [5, 5.41) is 11.0. The first-order valence-corrected chi connectivity index (χ1v) is 8.89. The number of nitro benzene ring substituents is 1. The second kappa shape index (κ2) is 8.44. The summed E-state index contributed by atoms with van der Waals surface area (Å²) in [4.78, 5) is 38.7. The van der Waals surface area contributed by atoms with Crippen molar-refractivity contribution < 1.29 is 24.0 Å². The molecule has 0 N–H and O–H groups in total. The Morgan fingerprint density at radius 3 is 2.64 bits per heavy atom. The number of esters is 1. The molecule has 1 aromatic heterocycles. The Morgan fingerprint density at radius 1 is 1.21 bits per heavy atom. The molecule has 0 radical (unpaired) electrons. The third-order valence-electron chi connectivity index (χ3n) is 3.72. The quantitative estimate of drug-likeness (QED) is 0.356. The number of hydrogen-bond donors (Lipinski definition) is 0. The number of rotatable bonds is 6. The summed E-state index contributed by atoms with van der Waals surface area (Å²) in [5.41, 5.74) is 0.445. The molecule has 0 unspecified atom stereocenters. The number of thiazole rings is 1. The van der Waals surface area contributed by atoms with Crippen LogP contribution in [0.25, 0.3) is 10.2 Å². The number of amides is 1. The lowest BCUT2D eigenvalue weighted by atomic mass is 10.3. The van der Waals surface area contributed by atoms with E-state index in [1.807, 2.05) is 6.07 Å². The topological polar surface area (TPSA) is 113 Å². The van der Waals surface area contributed by atoms with E-state index in [0.717, 1.165) is 11.3 Å². The number of hydrogen-bond acceptors (Lipinski definition) is 7. The Kier molecular flexibility index (Phi) is 5.80. The highest BCUT2D eigenvalue weighted by Crippen LogP contribution is 2.23. The molecule has 3 rings (SSSR count). The molecule has 1 amide bonds. The molecular weight excluding hydrogens is 386 g/mol. The first-order valence-electron chi connectivity index (χ1n) is 8.08. The fourth-order valence-electron chi connectivity index (χ4n) is 2.41. The van der Waals surface area contributed by atoms with Crippen LogP contribution in [0.3, 0.4) is 0 Å². The number of carbonyl (C=O) groups is 2. The lowest BCUT2D eigenvalue weighted by molar-refractivity contribution is -0.384. The molecule has 144 valence electrons. The Labute approximate surface area is 162 Å². The number of fused-ring (bicyclic) bond motifs is 1. The molecule has 0 bridgehead atoms. The largest absolute Gasteiger partial charge is 0.484 e. The summed E-state index contributed by atoms with van der Waals surface area (Å²) in [7, 11) is 1.25. The van der Waals surface area contributed by atoms with Crippen LogP contribution < -0.4 is 9.54 Å². The highest BCUT2D eigenvalue weighted by molar-refractivity contribution is 7.16. The summed E-state index contributed by atoms with van der Waals surface area (Å²) in [6.07, 6.45) is 0. The van der Waals surface area contributed by atoms with Gasteiger partial charge in [-0.15, -0.1) is 0 Å². The van der Waals surface area contributed by atoms with E-state index in [4.69, 9.17) is 4.74 Å². The number of nitrogens with zero attached hydrogens (tertiary/aromatic N) is 3. The van der Waals surface area contributed by atoms with Crippen molar-refractivity contribution in [2.75, 3.05) is 13.7 Å². The molecule has 0 aliphatic carbocycles. The number of nitro groups is 1. The monoisotopic (exact) mass is 401 g/mol. The molecule has 0 saturated carbocycles. The van der Waals surface area contributed by atoms with E-state index >= 15 is 0 Å². The molecule has 0 spiro atoms. The van der Waals surface area contributed by atoms with Gasteiger partial charge in [-0.1, -0.05) is 29.5 Å². The smallest absolute Gasteiger partial charge is 0.325 e. The van der Waals surface area contributed by atoms with Crippen molar-refractivity contribution >= 4 is 39.1 Å². The van der Waals surface area contributed by atoms with Crippen LogP contribution in [0, 0.1) is 10.1 Å². The number of para-hydroxylation sites is 1. The number of non-ortho nitro benzene ring substituents is 1. The Bertz CT molecular complexity index is 1100. The van der Waals surface area contributed by atoms with Gasteiger partial charge < -0.3 is 14.0 Å². The fourth-order valence-corrected chi connectivity index (χ4v) is 3.49. The van der Waals surface area contributed by atoms with E-state index in [2.05, 4.69) is 9.73 Å². The normalized spacial score (nSPS) is 11.4. The van der Waals surface area contributed by atoms with Gasteiger partial charge in [0, 0.05) is 12.1 Å². The zero-order chi connectivity index (χ0) is 20.1. The molecule has 1 heterocycles. The van der Waals surface area contributed by atoms with E-state index in [9.17, 15) is 19.7 Å². The summed E-state index contributed by atoms with van der Waals surface area (Å²) < 4.78 is 12.1. The van der Waals surface area contributed by atoms with Crippen LogP contribution in [0.4, 0.5) is 5.69 Å². The van der Waals surface area contributed by atoms with Gasteiger partial charge in [0.05, 0.1) is 22.2 Å². The molecule has 10 heteroatoms. The lowest BCUT2D eigenvalue weighted by Crippen LogP contribution is -2.23. The minimum absolute atomic E-state index is 0.0933. The molecule has 0 aliphatic rings. The van der Waals surface area contributed by atoms with Gasteiger partial charge in [-0.3, -0.25) is 19.7 Å². The van der Waals surface area contributed by atoms with Gasteiger partial charge in [-0.05, 0) is 18.2 Å². The first kappa shape index (κ1) is 19.2. The van der Waals surface area contributed by atoms with Crippen molar-refractivity contribution in [2.24, 2.45) is 4.99 Å². The van der Waals surface area contributed by atoms with Crippen molar-refractivity contribution in [2.45, 2.75) is 6.54 Å². The molecule has 28 heavy (non-hydrogen) atoms. The van der Waals surface area contributed by atoms with E-state index in [1.54, 1.807) is 24.3 Å². The molecular formula is C18H15N3O6S. The number of ether oxygens (including phenoxy) is 2. The third kappa shape index (κ3) is 4.41. The molecule has 2 aromatic carbocycles. The molecule has 0 atom stereocenters. The molecule has 0 fully saturated rings. The SMILES string of the molecule is COC(=O)Cn1c(=NC(=O)COc2ccccc2)sc2cc([N+](=O)[O-])ccc21. The Hall–Kier alpha value is -3.53. The van der Waals surface area contributed by atoms with Gasteiger partial charge in [0.25, 0.3) is 11.6 Å². The fraction of sp³-hybridized carbons (Fsp3) is 0.167. The number of carbonyl (C=O) groups excluding carboxylic acids is 2. The van der Waals surface area contributed by atoms with Crippen molar-refractivity contribution in [1.29, 1.82) is 0 Å². The molecule has 0 aliphatic heterocycles. The summed E-state index contributed by atoms with van der Waals surface area (Å²) >= 11 is 1.07. The predicted octanol–water partition coefficient (Wildman–Crippen LogP) is 2.29. The van der Waals surface area contributed by atoms with Crippen LogP contribution in [0.2, 0.25) is 0 Å². The van der Waals surface area contributed by atoms with Crippen LogP contribution in [0.1, 0.15) is 0 Å². The van der Waals surface area contributed by atoms with Crippen molar-refractivity contribution in [1.82, 2.24) is 4.57 Å². The van der Waals surface area contributed by atoms with Crippen LogP contribution in [-0.2, 0) is 20.9 Å². The van der Waals surface area contributed by atoms with Crippen molar-refractivity contribution in [3.63, 3.8) is 0 Å². The average molecular weight is 401 g/mol. The summed E-state index contributed by atoms with van der Waals surface area (Å²) in [6, 6.07) is 13.0. The first-order chi connectivity index (χ1) is 13.5. The minimum atomic E-state index is -0.552. The van der Waals surface area contributed by atoms with Gasteiger partial charge in [0.2, 0.25) is 0 Å². The second-order valence-electron chi connectivity index (χ2n) is 5.56. The summed E-state index contributed by atoms with van der Waals surface area (Å²) in [5.74, 6) is -0.559. The second-order valence-corrected chi connectivity index (χ2v) is 6.57. The van der Waals surface area contributed by atoms with Gasteiger partial charge in [-0.2, -0.15) is 4.99 Å². The lowest BCUT2D eigenvalue weighted by Gasteiger charge is -2.04. The number of benzene rings is 2. The van der Waals surface area contributed by atoms with E-state index in [1.165, 1.54) is 29.9 Å². The van der Waals surface area contributed by atoms with Crippen molar-refractivity contribution in [3.8, 4) is 5.75 Å². The number of methoxy groups -OCH3 is 1. The maximum Gasteiger partial charge on any atom is 0.325 e. The predicted molar refractivity (Wildman–Crippen MR) is 101 cm³/mol. The highest BCUT2D eigenvalue weighted by Gasteiger charge is 2.15. The standard InChI is InChI=1S/C18H15N3O6S/c1-26-17(23)10-20-14-8-7-12(21(24)25)9-15(14)28-18(20)19-16(22)11-27-13-5-3-2-4-6-13/h2-9H,10-11H2,1H3. The molecule has 0 saturated heterocycles. The van der Waals surface area contributed by atoms with Crippen molar-refractivity contribution in [3.05, 3.63) is 63.4 Å². The van der Waals surface area contributed by atoms with Gasteiger partial charge >= 0.3 is 5.97 Å². The van der Waals surface area contributed by atoms with Crippen LogP contribution in [-0.4, -0.2) is 35.1 Å². The van der Waals surface area contributed by atoms with E-state index in [-0.39, 0.29) is 23.6 Å². The maximum atomic E-state index is 12.2. The Morgan fingerprint density at radius 2 is 1.96 bits per heavy atom. The highest BCUT2D eigenvalue weighted by atomic mass is 32.1. The maximum absolute atomic E-state index is 12.2.